The van der Waals surface area contributed by atoms with E-state index in [9.17, 15) is 13.2 Å². The molecule has 1 aromatic carbocycles. The summed E-state index contributed by atoms with van der Waals surface area (Å²) in [5.74, 6) is 0.196. The molecule has 2 heterocycles. The molecule has 1 aromatic heterocycles. The lowest BCUT2D eigenvalue weighted by atomic mass is 10.1. The number of carbonyl (C=O) groups is 1. The van der Waals surface area contributed by atoms with Crippen molar-refractivity contribution in [2.75, 3.05) is 26.8 Å². The van der Waals surface area contributed by atoms with E-state index in [-0.39, 0.29) is 23.8 Å². The Bertz CT molecular complexity index is 1030. The van der Waals surface area contributed by atoms with Gasteiger partial charge in [0.2, 0.25) is 15.9 Å². The van der Waals surface area contributed by atoms with Crippen molar-refractivity contribution in [2.24, 2.45) is 0 Å². The summed E-state index contributed by atoms with van der Waals surface area (Å²) in [4.78, 5) is 17.1. The average Bonchev–Trinajstić information content (AvgIpc) is 3.41. The number of amides is 1. The van der Waals surface area contributed by atoms with E-state index in [1.54, 1.807) is 43.8 Å². The van der Waals surface area contributed by atoms with Gasteiger partial charge in [-0.1, -0.05) is 6.07 Å². The van der Waals surface area contributed by atoms with Crippen molar-refractivity contribution < 1.29 is 22.7 Å². The second-order valence-electron chi connectivity index (χ2n) is 7.82. The quantitative estimate of drug-likeness (QED) is 0.619. The molecule has 2 aromatic rings. The zero-order chi connectivity index (χ0) is 21.8. The van der Waals surface area contributed by atoms with Crippen LogP contribution in [-0.2, 0) is 32.4 Å². The molecule has 31 heavy (non-hydrogen) atoms. The van der Waals surface area contributed by atoms with E-state index >= 15 is 0 Å². The van der Waals surface area contributed by atoms with Gasteiger partial charge in [-0.2, -0.15) is 4.31 Å². The molecule has 0 radical (unpaired) electrons. The molecule has 1 N–H and O–H groups in total. The van der Waals surface area contributed by atoms with Gasteiger partial charge in [-0.3, -0.25) is 9.78 Å². The smallest absolute Gasteiger partial charge is 0.243 e. The van der Waals surface area contributed by atoms with Crippen LogP contribution < -0.4 is 10.1 Å². The third kappa shape index (κ3) is 4.73. The SMILES string of the molecule is COCCNC(=O)[C@@H]1C[C@H](Oc2cccnc2)CN1S(=O)(=O)c1ccc2c(c1)CCC2. The number of rotatable bonds is 8. The fraction of sp³-hybridized carbons (Fsp3) is 0.455. The Kier molecular flexibility index (Phi) is 6.54. The van der Waals surface area contributed by atoms with Crippen LogP contribution in [-0.4, -0.2) is 62.6 Å². The van der Waals surface area contributed by atoms with Crippen molar-refractivity contribution in [2.45, 2.75) is 42.7 Å². The summed E-state index contributed by atoms with van der Waals surface area (Å²) in [5.41, 5.74) is 2.27. The predicted octanol–water partition coefficient (Wildman–Crippen LogP) is 1.54. The Balaban J connectivity index is 1.58. The topological polar surface area (TPSA) is 97.8 Å². The van der Waals surface area contributed by atoms with Crippen LogP contribution in [0.4, 0.5) is 0 Å². The van der Waals surface area contributed by atoms with Crippen LogP contribution in [0, 0.1) is 0 Å². The summed E-state index contributed by atoms with van der Waals surface area (Å²) in [6, 6.07) is 7.96. The predicted molar refractivity (Wildman–Crippen MR) is 114 cm³/mol. The van der Waals surface area contributed by atoms with E-state index in [1.807, 2.05) is 6.07 Å². The minimum absolute atomic E-state index is 0.0939. The molecular formula is C22H27N3O5S. The first-order valence-electron chi connectivity index (χ1n) is 10.5. The van der Waals surface area contributed by atoms with Crippen LogP contribution in [0.25, 0.3) is 0 Å². The maximum Gasteiger partial charge on any atom is 0.243 e. The fourth-order valence-electron chi connectivity index (χ4n) is 4.21. The lowest BCUT2D eigenvalue weighted by Gasteiger charge is -2.23. The molecule has 4 rings (SSSR count). The highest BCUT2D eigenvalue weighted by Crippen LogP contribution is 2.31. The fourth-order valence-corrected chi connectivity index (χ4v) is 5.89. The highest BCUT2D eigenvalue weighted by atomic mass is 32.2. The van der Waals surface area contributed by atoms with E-state index < -0.39 is 22.2 Å². The van der Waals surface area contributed by atoms with E-state index in [1.165, 1.54) is 9.87 Å². The minimum Gasteiger partial charge on any atom is -0.487 e. The zero-order valence-electron chi connectivity index (χ0n) is 17.5. The Hall–Kier alpha value is -2.49. The van der Waals surface area contributed by atoms with Gasteiger partial charge < -0.3 is 14.8 Å². The summed E-state index contributed by atoms with van der Waals surface area (Å²) in [5, 5.41) is 2.77. The van der Waals surface area contributed by atoms with Gasteiger partial charge in [0.15, 0.2) is 0 Å². The molecule has 0 spiro atoms. The maximum absolute atomic E-state index is 13.5. The number of fused-ring (bicyclic) bond motifs is 1. The minimum atomic E-state index is -3.86. The van der Waals surface area contributed by atoms with Gasteiger partial charge in [0, 0.05) is 26.3 Å². The van der Waals surface area contributed by atoms with Crippen LogP contribution in [0.15, 0.2) is 47.6 Å². The molecule has 8 nitrogen and oxygen atoms in total. The summed E-state index contributed by atoms with van der Waals surface area (Å²) in [6.45, 7) is 0.759. The number of aryl methyl sites for hydroxylation is 2. The second kappa shape index (κ2) is 9.33. The van der Waals surface area contributed by atoms with E-state index in [0.717, 1.165) is 24.8 Å². The number of sulfonamides is 1. The average molecular weight is 446 g/mol. The molecular weight excluding hydrogens is 418 g/mol. The van der Waals surface area contributed by atoms with Gasteiger partial charge in [-0.25, -0.2) is 8.42 Å². The number of hydrogen-bond acceptors (Lipinski definition) is 6. The lowest BCUT2D eigenvalue weighted by molar-refractivity contribution is -0.124. The van der Waals surface area contributed by atoms with Crippen molar-refractivity contribution in [3.05, 3.63) is 53.9 Å². The van der Waals surface area contributed by atoms with Crippen molar-refractivity contribution in [1.29, 1.82) is 0 Å². The molecule has 1 aliphatic carbocycles. The Morgan fingerprint density at radius 2 is 2.10 bits per heavy atom. The third-order valence-corrected chi connectivity index (χ3v) is 7.61. The van der Waals surface area contributed by atoms with Gasteiger partial charge >= 0.3 is 0 Å². The lowest BCUT2D eigenvalue weighted by Crippen LogP contribution is -2.46. The number of nitrogens with one attached hydrogen (secondary N) is 1. The van der Waals surface area contributed by atoms with Crippen LogP contribution in [0.1, 0.15) is 24.0 Å². The van der Waals surface area contributed by atoms with Gasteiger partial charge in [0.05, 0.1) is 24.2 Å². The van der Waals surface area contributed by atoms with E-state index in [0.29, 0.717) is 18.9 Å². The van der Waals surface area contributed by atoms with Crippen LogP contribution in [0.5, 0.6) is 5.75 Å². The van der Waals surface area contributed by atoms with Gasteiger partial charge in [-0.15, -0.1) is 0 Å². The van der Waals surface area contributed by atoms with Crippen molar-refractivity contribution in [1.82, 2.24) is 14.6 Å². The normalized spacial score (nSPS) is 21.1. The highest BCUT2D eigenvalue weighted by Gasteiger charge is 2.45. The maximum atomic E-state index is 13.5. The number of ether oxygens (including phenoxy) is 2. The molecule has 0 unspecified atom stereocenters. The molecule has 1 fully saturated rings. The number of methoxy groups -OCH3 is 1. The third-order valence-electron chi connectivity index (χ3n) is 5.74. The first-order valence-corrected chi connectivity index (χ1v) is 11.9. The Labute approximate surface area is 182 Å². The number of aromatic nitrogens is 1. The molecule has 9 heteroatoms. The first-order chi connectivity index (χ1) is 15.0. The molecule has 1 saturated heterocycles. The van der Waals surface area contributed by atoms with E-state index in [4.69, 9.17) is 9.47 Å². The molecule has 2 aliphatic rings. The van der Waals surface area contributed by atoms with Gasteiger partial charge in [-0.05, 0) is 54.7 Å². The summed E-state index contributed by atoms with van der Waals surface area (Å²) in [6.07, 6.45) is 5.92. The Morgan fingerprint density at radius 1 is 1.26 bits per heavy atom. The van der Waals surface area contributed by atoms with Crippen LogP contribution in [0.2, 0.25) is 0 Å². The first kappa shape index (κ1) is 21.7. The van der Waals surface area contributed by atoms with Crippen molar-refractivity contribution in [3.8, 4) is 5.75 Å². The summed E-state index contributed by atoms with van der Waals surface area (Å²) < 4.78 is 39.3. The molecule has 0 saturated carbocycles. The van der Waals surface area contributed by atoms with Crippen LogP contribution >= 0.6 is 0 Å². The standard InChI is InChI=1S/C22H27N3O5S/c1-29-11-10-24-22(26)21-13-19(30-18-6-3-9-23-14-18)15-25(21)31(27,28)20-8-7-16-4-2-5-17(16)12-20/h3,6-9,12,14,19,21H,2,4-5,10-11,13,15H2,1H3,(H,24,26)/t19-,21-/m0/s1. The molecule has 1 aliphatic heterocycles. The zero-order valence-corrected chi connectivity index (χ0v) is 18.3. The van der Waals surface area contributed by atoms with Crippen molar-refractivity contribution in [3.63, 3.8) is 0 Å². The number of benzene rings is 1. The number of carbonyl (C=O) groups excluding carboxylic acids is 1. The number of hydrogen-bond donors (Lipinski definition) is 1. The number of pyridine rings is 1. The summed E-state index contributed by atoms with van der Waals surface area (Å²) >= 11 is 0. The molecule has 1 amide bonds. The van der Waals surface area contributed by atoms with Crippen LogP contribution in [0.3, 0.4) is 0 Å². The number of nitrogens with zero attached hydrogens (tertiary/aromatic N) is 2. The van der Waals surface area contributed by atoms with E-state index in [2.05, 4.69) is 10.3 Å². The molecule has 2 atom stereocenters. The molecule has 0 bridgehead atoms. The molecule has 166 valence electrons. The van der Waals surface area contributed by atoms with Crippen molar-refractivity contribution >= 4 is 15.9 Å². The summed E-state index contributed by atoms with van der Waals surface area (Å²) in [7, 11) is -2.32. The Morgan fingerprint density at radius 3 is 2.87 bits per heavy atom. The largest absolute Gasteiger partial charge is 0.487 e. The van der Waals surface area contributed by atoms with Gasteiger partial charge in [0.25, 0.3) is 0 Å². The monoisotopic (exact) mass is 445 g/mol. The van der Waals surface area contributed by atoms with Gasteiger partial charge in [0.1, 0.15) is 17.9 Å². The highest BCUT2D eigenvalue weighted by molar-refractivity contribution is 7.89. The second-order valence-corrected chi connectivity index (χ2v) is 9.71.